The van der Waals surface area contributed by atoms with Gasteiger partial charge in [-0.05, 0) is 37.3 Å². The fourth-order valence-corrected chi connectivity index (χ4v) is 3.84. The summed E-state index contributed by atoms with van der Waals surface area (Å²) in [6.45, 7) is 2.40. The van der Waals surface area contributed by atoms with Gasteiger partial charge in [-0.15, -0.1) is 0 Å². The van der Waals surface area contributed by atoms with Crippen molar-refractivity contribution in [2.24, 2.45) is 5.73 Å². The van der Waals surface area contributed by atoms with Crippen molar-refractivity contribution in [2.75, 3.05) is 34.8 Å². The molecule has 3 N–H and O–H groups in total. The maximum atomic E-state index is 15.2. The summed E-state index contributed by atoms with van der Waals surface area (Å²) < 4.78 is 44.5. The van der Waals surface area contributed by atoms with Gasteiger partial charge in [0, 0.05) is 41.5 Å². The van der Waals surface area contributed by atoms with Gasteiger partial charge in [-0.25, -0.2) is 22.9 Å². The second-order valence-electron chi connectivity index (χ2n) is 7.05. The van der Waals surface area contributed by atoms with E-state index in [4.69, 9.17) is 17.3 Å². The fraction of sp³-hybridized carbons (Fsp3) is 0.182. The first kappa shape index (κ1) is 21.9. The molecular formula is C22H19ClF3N5O. The molecule has 4 rings (SSSR count). The molecule has 1 aliphatic heterocycles. The zero-order valence-electron chi connectivity index (χ0n) is 17.0. The maximum absolute atomic E-state index is 15.2. The molecule has 2 aromatic carbocycles. The number of benzene rings is 2. The van der Waals surface area contributed by atoms with Crippen LogP contribution in [0.1, 0.15) is 6.92 Å². The number of anilines is 4. The van der Waals surface area contributed by atoms with Gasteiger partial charge in [-0.3, -0.25) is 9.80 Å². The van der Waals surface area contributed by atoms with Crippen molar-refractivity contribution in [2.45, 2.75) is 6.92 Å². The Morgan fingerprint density at radius 3 is 2.47 bits per heavy atom. The van der Waals surface area contributed by atoms with Crippen LogP contribution in [0.2, 0.25) is 5.02 Å². The summed E-state index contributed by atoms with van der Waals surface area (Å²) in [4.78, 5) is 19.8. The topological polar surface area (TPSA) is 74.5 Å². The summed E-state index contributed by atoms with van der Waals surface area (Å²) in [5, 5.41) is 3.04. The van der Waals surface area contributed by atoms with Crippen molar-refractivity contribution in [3.8, 4) is 11.1 Å². The SMILES string of the molecule is CCN1C(=O)N(c2c(F)cc(NCCN)cc2F)c2cc(Cl)ccc2-c2cc(F)cnc21. The Balaban J connectivity index is 1.99. The van der Waals surface area contributed by atoms with Gasteiger partial charge in [-0.2, -0.15) is 0 Å². The summed E-state index contributed by atoms with van der Waals surface area (Å²) in [6, 6.07) is 7.14. The van der Waals surface area contributed by atoms with Crippen LogP contribution >= 0.6 is 11.6 Å². The molecule has 0 spiro atoms. The number of urea groups is 1. The monoisotopic (exact) mass is 461 g/mol. The number of nitrogens with zero attached hydrogens (tertiary/aromatic N) is 3. The molecule has 1 aromatic heterocycles. The zero-order valence-corrected chi connectivity index (χ0v) is 17.8. The number of amides is 2. The van der Waals surface area contributed by atoms with E-state index >= 15 is 8.78 Å². The first-order chi connectivity index (χ1) is 15.3. The molecule has 1 aliphatic rings. The van der Waals surface area contributed by atoms with E-state index in [0.29, 0.717) is 17.7 Å². The Hall–Kier alpha value is -3.30. The molecule has 6 nitrogen and oxygen atoms in total. The van der Waals surface area contributed by atoms with Crippen molar-refractivity contribution >= 4 is 40.5 Å². The smallest absolute Gasteiger partial charge is 0.334 e. The number of nitrogens with one attached hydrogen (secondary N) is 1. The van der Waals surface area contributed by atoms with Crippen molar-refractivity contribution < 1.29 is 18.0 Å². The second kappa shape index (κ2) is 8.68. The van der Waals surface area contributed by atoms with Gasteiger partial charge in [0.2, 0.25) is 0 Å². The molecule has 166 valence electrons. The normalized spacial score (nSPS) is 13.0. The van der Waals surface area contributed by atoms with Crippen LogP contribution in [-0.4, -0.2) is 30.6 Å². The number of halogens is 4. The van der Waals surface area contributed by atoms with Gasteiger partial charge >= 0.3 is 6.03 Å². The van der Waals surface area contributed by atoms with Crippen molar-refractivity contribution in [1.82, 2.24) is 4.98 Å². The lowest BCUT2D eigenvalue weighted by Crippen LogP contribution is -2.41. The average Bonchev–Trinajstić information content (AvgIpc) is 2.84. The van der Waals surface area contributed by atoms with E-state index in [0.717, 1.165) is 23.2 Å². The number of carbonyl (C=O) groups is 1. The van der Waals surface area contributed by atoms with Crippen LogP contribution < -0.4 is 20.9 Å². The Morgan fingerprint density at radius 2 is 1.81 bits per heavy atom. The van der Waals surface area contributed by atoms with E-state index in [9.17, 15) is 9.18 Å². The number of aromatic nitrogens is 1. The highest BCUT2D eigenvalue weighted by Crippen LogP contribution is 2.45. The Labute approximate surface area is 187 Å². The van der Waals surface area contributed by atoms with Crippen LogP contribution in [0.3, 0.4) is 0 Å². The minimum atomic E-state index is -0.968. The number of hydrogen-bond acceptors (Lipinski definition) is 4. The molecule has 0 unspecified atom stereocenters. The van der Waals surface area contributed by atoms with Crippen LogP contribution in [-0.2, 0) is 0 Å². The van der Waals surface area contributed by atoms with E-state index in [1.54, 1.807) is 19.1 Å². The highest BCUT2D eigenvalue weighted by molar-refractivity contribution is 6.31. The first-order valence-electron chi connectivity index (χ1n) is 9.85. The molecule has 0 fully saturated rings. The second-order valence-corrected chi connectivity index (χ2v) is 7.49. The molecule has 0 aliphatic carbocycles. The lowest BCUT2D eigenvalue weighted by molar-refractivity contribution is 0.253. The fourth-order valence-electron chi connectivity index (χ4n) is 3.68. The van der Waals surface area contributed by atoms with E-state index in [2.05, 4.69) is 10.3 Å². The van der Waals surface area contributed by atoms with Crippen molar-refractivity contribution in [3.63, 3.8) is 0 Å². The molecule has 0 radical (unpaired) electrons. The Kier molecular flexibility index (Phi) is 5.94. The van der Waals surface area contributed by atoms with E-state index in [1.165, 1.54) is 17.0 Å². The van der Waals surface area contributed by atoms with Gasteiger partial charge in [0.05, 0.1) is 11.9 Å². The number of pyridine rings is 1. The lowest BCUT2D eigenvalue weighted by Gasteiger charge is -2.28. The van der Waals surface area contributed by atoms with Crippen molar-refractivity contribution in [1.29, 1.82) is 0 Å². The molecular weight excluding hydrogens is 443 g/mol. The number of carbonyl (C=O) groups excluding carboxylic acids is 1. The summed E-state index contributed by atoms with van der Waals surface area (Å²) >= 11 is 6.17. The molecule has 0 saturated carbocycles. The lowest BCUT2D eigenvalue weighted by atomic mass is 10.0. The molecule has 3 aromatic rings. The minimum Gasteiger partial charge on any atom is -0.384 e. The third-order valence-electron chi connectivity index (χ3n) is 5.03. The number of nitrogens with two attached hydrogens (primary N) is 1. The molecule has 2 heterocycles. The molecule has 10 heteroatoms. The Morgan fingerprint density at radius 1 is 1.09 bits per heavy atom. The van der Waals surface area contributed by atoms with Gasteiger partial charge in [0.1, 0.15) is 17.3 Å². The van der Waals surface area contributed by atoms with Crippen LogP contribution in [0.5, 0.6) is 0 Å². The van der Waals surface area contributed by atoms with Gasteiger partial charge in [0.25, 0.3) is 0 Å². The highest BCUT2D eigenvalue weighted by atomic mass is 35.5. The van der Waals surface area contributed by atoms with E-state index in [-0.39, 0.29) is 35.3 Å². The van der Waals surface area contributed by atoms with E-state index < -0.39 is 29.2 Å². The van der Waals surface area contributed by atoms with Crippen LogP contribution in [0.15, 0.2) is 42.6 Å². The zero-order chi connectivity index (χ0) is 23.0. The molecule has 0 atom stereocenters. The van der Waals surface area contributed by atoms with Crippen LogP contribution in [0.25, 0.3) is 11.1 Å². The predicted molar refractivity (Wildman–Crippen MR) is 119 cm³/mol. The first-order valence-corrected chi connectivity index (χ1v) is 10.2. The maximum Gasteiger partial charge on any atom is 0.334 e. The quantitative estimate of drug-likeness (QED) is 0.541. The Bertz CT molecular complexity index is 1180. The number of hydrogen-bond donors (Lipinski definition) is 2. The molecule has 0 bridgehead atoms. The van der Waals surface area contributed by atoms with Crippen molar-refractivity contribution in [3.05, 3.63) is 65.1 Å². The van der Waals surface area contributed by atoms with Crippen LogP contribution in [0, 0.1) is 17.5 Å². The average molecular weight is 462 g/mol. The minimum absolute atomic E-state index is 0.104. The van der Waals surface area contributed by atoms with Gasteiger partial charge in [0.15, 0.2) is 11.6 Å². The number of fused-ring (bicyclic) bond motifs is 3. The van der Waals surface area contributed by atoms with Gasteiger partial charge in [-0.1, -0.05) is 17.7 Å². The molecule has 32 heavy (non-hydrogen) atoms. The molecule has 2 amide bonds. The number of rotatable bonds is 5. The molecule has 0 saturated heterocycles. The summed E-state index contributed by atoms with van der Waals surface area (Å²) in [5.74, 6) is -2.38. The largest absolute Gasteiger partial charge is 0.384 e. The predicted octanol–water partition coefficient (Wildman–Crippen LogP) is 5.29. The third-order valence-corrected chi connectivity index (χ3v) is 5.27. The highest BCUT2D eigenvalue weighted by Gasteiger charge is 2.36. The van der Waals surface area contributed by atoms with Gasteiger partial charge < -0.3 is 11.1 Å². The summed E-state index contributed by atoms with van der Waals surface area (Å²) in [7, 11) is 0. The summed E-state index contributed by atoms with van der Waals surface area (Å²) in [6.07, 6.45) is 0.985. The standard InChI is InChI=1S/C22H19ClF3N5O/c1-2-30-21-16(8-13(24)11-29-21)15-4-3-12(23)7-19(15)31(22(30)32)20-17(25)9-14(10-18(20)26)28-6-5-27/h3-4,7-11,28H,2,5-6,27H2,1H3. The van der Waals surface area contributed by atoms with E-state index in [1.807, 2.05) is 0 Å². The summed E-state index contributed by atoms with van der Waals surface area (Å²) in [5.41, 5.74) is 5.79. The third kappa shape index (κ3) is 3.74. The van der Waals surface area contributed by atoms with Crippen LogP contribution in [0.4, 0.5) is 40.8 Å².